The summed E-state index contributed by atoms with van der Waals surface area (Å²) in [4.78, 5) is 4.63. The standard InChI is InChI=1S/C14H14F2N2S/c1-9(17-2)10-3-6-14(18-8-10)19-13-5-4-11(15)7-12(13)16/h3-9,17H,1-2H3. The highest BCUT2D eigenvalue weighted by atomic mass is 32.2. The third kappa shape index (κ3) is 3.52. The number of rotatable bonds is 4. The molecule has 0 aliphatic carbocycles. The van der Waals surface area contributed by atoms with E-state index in [1.165, 1.54) is 23.9 Å². The van der Waals surface area contributed by atoms with Crippen molar-refractivity contribution in [2.24, 2.45) is 0 Å². The summed E-state index contributed by atoms with van der Waals surface area (Å²) in [7, 11) is 1.88. The molecule has 1 aromatic heterocycles. The Morgan fingerprint density at radius 2 is 2.00 bits per heavy atom. The quantitative estimate of drug-likeness (QED) is 0.922. The summed E-state index contributed by atoms with van der Waals surface area (Å²) < 4.78 is 26.3. The lowest BCUT2D eigenvalue weighted by Crippen LogP contribution is -2.12. The van der Waals surface area contributed by atoms with Crippen LogP contribution in [0.4, 0.5) is 8.78 Å². The smallest absolute Gasteiger partial charge is 0.140 e. The molecule has 0 spiro atoms. The molecule has 1 unspecified atom stereocenters. The van der Waals surface area contributed by atoms with Crippen LogP contribution in [0.3, 0.4) is 0 Å². The summed E-state index contributed by atoms with van der Waals surface area (Å²) in [6, 6.07) is 7.52. The van der Waals surface area contributed by atoms with E-state index in [9.17, 15) is 8.78 Å². The normalized spacial score (nSPS) is 12.4. The van der Waals surface area contributed by atoms with Gasteiger partial charge in [0.1, 0.15) is 16.7 Å². The van der Waals surface area contributed by atoms with Gasteiger partial charge >= 0.3 is 0 Å². The first-order valence-electron chi connectivity index (χ1n) is 5.86. The molecule has 0 amide bonds. The zero-order valence-electron chi connectivity index (χ0n) is 10.7. The number of nitrogens with zero attached hydrogens (tertiary/aromatic N) is 1. The van der Waals surface area contributed by atoms with E-state index in [1.807, 2.05) is 26.1 Å². The molecule has 0 saturated carbocycles. The van der Waals surface area contributed by atoms with Gasteiger partial charge in [-0.15, -0.1) is 0 Å². The van der Waals surface area contributed by atoms with Crippen LogP contribution in [-0.2, 0) is 0 Å². The van der Waals surface area contributed by atoms with Crippen LogP contribution in [0.2, 0.25) is 0 Å². The number of pyridine rings is 1. The Bertz CT molecular complexity index is 558. The maximum Gasteiger partial charge on any atom is 0.140 e. The van der Waals surface area contributed by atoms with Crippen LogP contribution < -0.4 is 5.32 Å². The Balaban J connectivity index is 2.15. The van der Waals surface area contributed by atoms with Crippen molar-refractivity contribution in [2.75, 3.05) is 7.05 Å². The van der Waals surface area contributed by atoms with Crippen molar-refractivity contribution in [3.8, 4) is 0 Å². The minimum absolute atomic E-state index is 0.217. The van der Waals surface area contributed by atoms with Gasteiger partial charge < -0.3 is 5.32 Å². The van der Waals surface area contributed by atoms with E-state index in [1.54, 1.807) is 6.20 Å². The summed E-state index contributed by atoms with van der Waals surface area (Å²) in [5.74, 6) is -1.15. The SMILES string of the molecule is CNC(C)c1ccc(Sc2ccc(F)cc2F)nc1. The predicted octanol–water partition coefficient (Wildman–Crippen LogP) is 3.79. The molecule has 2 rings (SSSR count). The fraction of sp³-hybridized carbons (Fsp3) is 0.214. The van der Waals surface area contributed by atoms with Crippen LogP contribution in [0, 0.1) is 11.6 Å². The number of halogens is 2. The van der Waals surface area contributed by atoms with Gasteiger partial charge in [-0.3, -0.25) is 0 Å². The number of hydrogen-bond acceptors (Lipinski definition) is 3. The van der Waals surface area contributed by atoms with Crippen molar-refractivity contribution in [1.29, 1.82) is 0 Å². The number of hydrogen-bond donors (Lipinski definition) is 1. The summed E-state index contributed by atoms with van der Waals surface area (Å²) in [6.07, 6.45) is 1.75. The lowest BCUT2D eigenvalue weighted by molar-refractivity contribution is 0.565. The molecular formula is C14H14F2N2S. The van der Waals surface area contributed by atoms with Crippen molar-refractivity contribution >= 4 is 11.8 Å². The lowest BCUT2D eigenvalue weighted by atomic mass is 10.1. The second kappa shape index (κ2) is 6.12. The number of benzene rings is 1. The van der Waals surface area contributed by atoms with Crippen molar-refractivity contribution < 1.29 is 8.78 Å². The Morgan fingerprint density at radius 3 is 2.58 bits per heavy atom. The molecular weight excluding hydrogens is 266 g/mol. The topological polar surface area (TPSA) is 24.9 Å². The molecule has 19 heavy (non-hydrogen) atoms. The number of aromatic nitrogens is 1. The molecule has 0 fully saturated rings. The molecule has 0 aliphatic heterocycles. The van der Waals surface area contributed by atoms with Crippen LogP contribution >= 0.6 is 11.8 Å². The zero-order chi connectivity index (χ0) is 13.8. The number of nitrogens with one attached hydrogen (secondary N) is 1. The molecule has 100 valence electrons. The Morgan fingerprint density at radius 1 is 1.21 bits per heavy atom. The maximum absolute atomic E-state index is 13.5. The van der Waals surface area contributed by atoms with E-state index in [-0.39, 0.29) is 6.04 Å². The molecule has 5 heteroatoms. The Hall–Kier alpha value is -1.46. The fourth-order valence-electron chi connectivity index (χ4n) is 1.55. The third-order valence-electron chi connectivity index (χ3n) is 2.80. The molecule has 0 bridgehead atoms. The van der Waals surface area contributed by atoms with Crippen molar-refractivity contribution in [2.45, 2.75) is 22.9 Å². The van der Waals surface area contributed by atoms with E-state index in [4.69, 9.17) is 0 Å². The van der Waals surface area contributed by atoms with Crippen molar-refractivity contribution in [1.82, 2.24) is 10.3 Å². The summed E-state index contributed by atoms with van der Waals surface area (Å²) in [5.41, 5.74) is 1.06. The Kier molecular flexibility index (Phi) is 4.50. The molecule has 2 aromatic rings. The van der Waals surface area contributed by atoms with E-state index >= 15 is 0 Å². The summed E-state index contributed by atoms with van der Waals surface area (Å²) in [5, 5.41) is 3.80. The van der Waals surface area contributed by atoms with Gasteiger partial charge in [-0.05, 0) is 37.7 Å². The maximum atomic E-state index is 13.5. The van der Waals surface area contributed by atoms with Gasteiger partial charge in [-0.25, -0.2) is 13.8 Å². The van der Waals surface area contributed by atoms with E-state index in [0.717, 1.165) is 11.6 Å². The molecule has 1 atom stereocenters. The molecule has 1 aromatic carbocycles. The first kappa shape index (κ1) is 14.0. The van der Waals surface area contributed by atoms with Crippen molar-refractivity contribution in [3.63, 3.8) is 0 Å². The Labute approximate surface area is 115 Å². The van der Waals surface area contributed by atoms with Gasteiger partial charge in [-0.2, -0.15) is 0 Å². The van der Waals surface area contributed by atoms with Crippen LogP contribution in [-0.4, -0.2) is 12.0 Å². The molecule has 2 nitrogen and oxygen atoms in total. The zero-order valence-corrected chi connectivity index (χ0v) is 11.5. The average molecular weight is 280 g/mol. The van der Waals surface area contributed by atoms with Crippen LogP contribution in [0.15, 0.2) is 46.5 Å². The van der Waals surface area contributed by atoms with Crippen LogP contribution in [0.25, 0.3) is 0 Å². The average Bonchev–Trinajstić information content (AvgIpc) is 2.42. The van der Waals surface area contributed by atoms with Gasteiger partial charge in [-0.1, -0.05) is 17.8 Å². The molecule has 0 saturated heterocycles. The third-order valence-corrected chi connectivity index (χ3v) is 3.80. The molecule has 1 N–H and O–H groups in total. The van der Waals surface area contributed by atoms with Gasteiger partial charge in [0.2, 0.25) is 0 Å². The summed E-state index contributed by atoms with van der Waals surface area (Å²) in [6.45, 7) is 2.03. The van der Waals surface area contributed by atoms with Crippen LogP contribution in [0.1, 0.15) is 18.5 Å². The van der Waals surface area contributed by atoms with Crippen LogP contribution in [0.5, 0.6) is 0 Å². The minimum atomic E-state index is -0.576. The molecule has 1 heterocycles. The van der Waals surface area contributed by atoms with Gasteiger partial charge in [0.05, 0.1) is 0 Å². The first-order valence-corrected chi connectivity index (χ1v) is 6.68. The largest absolute Gasteiger partial charge is 0.313 e. The first-order chi connectivity index (χ1) is 9.10. The lowest BCUT2D eigenvalue weighted by Gasteiger charge is -2.10. The second-order valence-corrected chi connectivity index (χ2v) is 5.18. The highest BCUT2D eigenvalue weighted by Crippen LogP contribution is 2.29. The minimum Gasteiger partial charge on any atom is -0.313 e. The van der Waals surface area contributed by atoms with E-state index in [2.05, 4.69) is 10.3 Å². The highest BCUT2D eigenvalue weighted by Gasteiger charge is 2.08. The van der Waals surface area contributed by atoms with Crippen molar-refractivity contribution in [3.05, 3.63) is 53.7 Å². The van der Waals surface area contributed by atoms with E-state index in [0.29, 0.717) is 9.92 Å². The summed E-state index contributed by atoms with van der Waals surface area (Å²) >= 11 is 1.18. The highest BCUT2D eigenvalue weighted by molar-refractivity contribution is 7.99. The second-order valence-electron chi connectivity index (χ2n) is 4.12. The van der Waals surface area contributed by atoms with E-state index < -0.39 is 11.6 Å². The van der Waals surface area contributed by atoms with Gasteiger partial charge in [0.15, 0.2) is 0 Å². The molecule has 0 radical (unpaired) electrons. The predicted molar refractivity (Wildman–Crippen MR) is 72.2 cm³/mol. The molecule has 0 aliphatic rings. The fourth-order valence-corrected chi connectivity index (χ4v) is 2.30. The van der Waals surface area contributed by atoms with Gasteiger partial charge in [0.25, 0.3) is 0 Å². The monoisotopic (exact) mass is 280 g/mol. The van der Waals surface area contributed by atoms with Gasteiger partial charge in [0, 0.05) is 23.2 Å².